The van der Waals surface area contributed by atoms with Gasteiger partial charge in [0.05, 0.1) is 0 Å². The second kappa shape index (κ2) is 7.42. The van der Waals surface area contributed by atoms with Crippen molar-refractivity contribution in [3.63, 3.8) is 0 Å². The second-order valence-corrected chi connectivity index (χ2v) is 6.31. The van der Waals surface area contributed by atoms with Crippen molar-refractivity contribution in [3.8, 4) is 0 Å². The van der Waals surface area contributed by atoms with Crippen LogP contribution in [0.5, 0.6) is 0 Å². The molecular formula is C21H25N. The first-order valence-corrected chi connectivity index (χ1v) is 8.30. The minimum atomic E-state index is 0.746. The number of nitrogens with zero attached hydrogens (tertiary/aromatic N) is 1. The lowest BCUT2D eigenvalue weighted by atomic mass is 9.94. The summed E-state index contributed by atoms with van der Waals surface area (Å²) in [4.78, 5) is 2.39. The van der Waals surface area contributed by atoms with Crippen LogP contribution in [0.2, 0.25) is 0 Å². The zero-order valence-electron chi connectivity index (χ0n) is 13.4. The predicted octanol–water partition coefficient (Wildman–Crippen LogP) is 5.18. The molecule has 0 fully saturated rings. The fourth-order valence-corrected chi connectivity index (χ4v) is 3.21. The largest absolute Gasteiger partial charge is 0.298 e. The van der Waals surface area contributed by atoms with Gasteiger partial charge in [-0.3, -0.25) is 4.90 Å². The third-order valence-corrected chi connectivity index (χ3v) is 4.46. The Morgan fingerprint density at radius 3 is 2.82 bits per heavy atom. The maximum absolute atomic E-state index is 2.41. The molecule has 0 saturated heterocycles. The Bertz CT molecular complexity index is 663. The molecule has 22 heavy (non-hydrogen) atoms. The molecule has 3 rings (SSSR count). The van der Waals surface area contributed by atoms with E-state index in [4.69, 9.17) is 0 Å². The highest BCUT2D eigenvalue weighted by atomic mass is 15.1. The fourth-order valence-electron chi connectivity index (χ4n) is 3.21. The van der Waals surface area contributed by atoms with E-state index in [-0.39, 0.29) is 0 Å². The van der Waals surface area contributed by atoms with Gasteiger partial charge in [-0.1, -0.05) is 66.8 Å². The van der Waals surface area contributed by atoms with E-state index in [1.165, 1.54) is 35.6 Å². The van der Waals surface area contributed by atoms with Gasteiger partial charge in [-0.15, -0.1) is 0 Å². The lowest BCUT2D eigenvalue weighted by Crippen LogP contribution is -2.18. The van der Waals surface area contributed by atoms with Crippen molar-refractivity contribution < 1.29 is 0 Å². The average molecular weight is 291 g/mol. The van der Waals surface area contributed by atoms with Crippen LogP contribution in [0, 0.1) is 5.92 Å². The lowest BCUT2D eigenvalue weighted by molar-refractivity contribution is 0.363. The van der Waals surface area contributed by atoms with E-state index in [0.717, 1.165) is 19.0 Å². The molecule has 1 aliphatic carbocycles. The molecule has 0 N–H and O–H groups in total. The topological polar surface area (TPSA) is 3.24 Å². The zero-order valence-corrected chi connectivity index (χ0v) is 13.4. The van der Waals surface area contributed by atoms with Crippen molar-refractivity contribution in [2.45, 2.75) is 25.8 Å². The standard InChI is InChI=1S/C21H25N/c1-22(16-8-11-18-9-3-2-4-10-18)17-20-14-7-13-19-12-5-6-15-21(19)20/h2-3,5-8,11-15,18H,4,9-10,16-17H2,1H3/b11-8+. The van der Waals surface area contributed by atoms with Crippen molar-refractivity contribution in [3.05, 3.63) is 72.3 Å². The second-order valence-electron chi connectivity index (χ2n) is 6.31. The smallest absolute Gasteiger partial charge is 0.0240 e. The fraction of sp³-hybridized carbons (Fsp3) is 0.333. The third-order valence-electron chi connectivity index (χ3n) is 4.46. The molecule has 1 heteroatoms. The minimum Gasteiger partial charge on any atom is -0.298 e. The highest BCUT2D eigenvalue weighted by Gasteiger charge is 2.06. The van der Waals surface area contributed by atoms with Crippen molar-refractivity contribution >= 4 is 10.8 Å². The van der Waals surface area contributed by atoms with Gasteiger partial charge in [0, 0.05) is 13.1 Å². The Hall–Kier alpha value is -1.86. The van der Waals surface area contributed by atoms with Crippen LogP contribution in [0.4, 0.5) is 0 Å². The first-order chi connectivity index (χ1) is 10.8. The number of fused-ring (bicyclic) bond motifs is 1. The molecule has 0 radical (unpaired) electrons. The Morgan fingerprint density at radius 1 is 1.09 bits per heavy atom. The first kappa shape index (κ1) is 15.1. The molecule has 2 aromatic rings. The van der Waals surface area contributed by atoms with Crippen molar-refractivity contribution in [2.24, 2.45) is 5.92 Å². The number of allylic oxidation sites excluding steroid dienone is 3. The summed E-state index contributed by atoms with van der Waals surface area (Å²) in [5.41, 5.74) is 1.41. The molecule has 1 atom stereocenters. The van der Waals surface area contributed by atoms with Gasteiger partial charge in [0.15, 0.2) is 0 Å². The maximum atomic E-state index is 2.41. The van der Waals surface area contributed by atoms with Gasteiger partial charge >= 0.3 is 0 Å². The Balaban J connectivity index is 1.60. The molecule has 0 amide bonds. The quantitative estimate of drug-likeness (QED) is 0.686. The highest BCUT2D eigenvalue weighted by Crippen LogP contribution is 2.20. The number of benzene rings is 2. The van der Waals surface area contributed by atoms with Gasteiger partial charge in [0.1, 0.15) is 0 Å². The van der Waals surface area contributed by atoms with E-state index >= 15 is 0 Å². The number of hydrogen-bond acceptors (Lipinski definition) is 1. The summed E-state index contributed by atoms with van der Waals surface area (Å²) >= 11 is 0. The van der Waals surface area contributed by atoms with Crippen molar-refractivity contribution in [1.29, 1.82) is 0 Å². The Morgan fingerprint density at radius 2 is 1.95 bits per heavy atom. The van der Waals surface area contributed by atoms with Crippen LogP contribution in [0.1, 0.15) is 24.8 Å². The zero-order chi connectivity index (χ0) is 15.2. The third kappa shape index (κ3) is 3.86. The van der Waals surface area contributed by atoms with Gasteiger partial charge in [-0.25, -0.2) is 0 Å². The van der Waals surface area contributed by atoms with E-state index in [9.17, 15) is 0 Å². The van der Waals surface area contributed by atoms with Gasteiger partial charge in [-0.05, 0) is 48.6 Å². The molecule has 0 saturated carbocycles. The summed E-state index contributed by atoms with van der Waals surface area (Å²) < 4.78 is 0. The molecule has 0 aliphatic heterocycles. The van der Waals surface area contributed by atoms with Crippen molar-refractivity contribution in [2.75, 3.05) is 13.6 Å². The Labute approximate surface area is 134 Å². The van der Waals surface area contributed by atoms with Crippen LogP contribution < -0.4 is 0 Å². The average Bonchev–Trinajstić information content (AvgIpc) is 2.56. The van der Waals surface area contributed by atoms with E-state index in [2.05, 4.69) is 78.7 Å². The van der Waals surface area contributed by atoms with Crippen LogP contribution in [-0.4, -0.2) is 18.5 Å². The van der Waals surface area contributed by atoms with Crippen molar-refractivity contribution in [1.82, 2.24) is 4.90 Å². The Kier molecular flexibility index (Phi) is 5.07. The summed E-state index contributed by atoms with van der Waals surface area (Å²) in [6, 6.07) is 15.2. The highest BCUT2D eigenvalue weighted by molar-refractivity contribution is 5.85. The SMILES string of the molecule is CN(C/C=C/C1CC=CCC1)Cc1cccc2ccccc12. The molecule has 1 unspecified atom stereocenters. The summed E-state index contributed by atoms with van der Waals surface area (Å²) in [5.74, 6) is 0.746. The lowest BCUT2D eigenvalue weighted by Gasteiger charge is -2.17. The molecule has 0 heterocycles. The van der Waals surface area contributed by atoms with Crippen LogP contribution in [0.25, 0.3) is 10.8 Å². The molecule has 0 spiro atoms. The maximum Gasteiger partial charge on any atom is 0.0240 e. The molecule has 114 valence electrons. The number of hydrogen-bond donors (Lipinski definition) is 0. The van der Waals surface area contributed by atoms with Crippen LogP contribution in [0.3, 0.4) is 0 Å². The van der Waals surface area contributed by atoms with Gasteiger partial charge in [0.2, 0.25) is 0 Å². The summed E-state index contributed by atoms with van der Waals surface area (Å²) in [7, 11) is 2.20. The number of rotatable bonds is 5. The minimum absolute atomic E-state index is 0.746. The first-order valence-electron chi connectivity index (χ1n) is 8.30. The van der Waals surface area contributed by atoms with E-state index in [1.54, 1.807) is 0 Å². The van der Waals surface area contributed by atoms with Crippen LogP contribution in [-0.2, 0) is 6.54 Å². The van der Waals surface area contributed by atoms with Gasteiger partial charge in [-0.2, -0.15) is 0 Å². The number of likely N-dealkylation sites (N-methyl/N-ethyl adjacent to an activating group) is 1. The van der Waals surface area contributed by atoms with E-state index < -0.39 is 0 Å². The molecule has 1 nitrogen and oxygen atoms in total. The van der Waals surface area contributed by atoms with Crippen LogP contribution >= 0.6 is 0 Å². The summed E-state index contributed by atoms with van der Waals surface area (Å²) in [6.07, 6.45) is 13.1. The summed E-state index contributed by atoms with van der Waals surface area (Å²) in [6.45, 7) is 2.01. The van der Waals surface area contributed by atoms with Gasteiger partial charge in [0.25, 0.3) is 0 Å². The molecule has 2 aromatic carbocycles. The predicted molar refractivity (Wildman–Crippen MR) is 95.9 cm³/mol. The molecular weight excluding hydrogens is 266 g/mol. The monoisotopic (exact) mass is 291 g/mol. The van der Waals surface area contributed by atoms with E-state index in [1.807, 2.05) is 0 Å². The molecule has 0 bridgehead atoms. The molecule has 1 aliphatic rings. The normalized spacial score (nSPS) is 18.5. The van der Waals surface area contributed by atoms with Gasteiger partial charge < -0.3 is 0 Å². The van der Waals surface area contributed by atoms with Crippen LogP contribution in [0.15, 0.2) is 66.8 Å². The van der Waals surface area contributed by atoms with E-state index in [0.29, 0.717) is 0 Å². The molecule has 0 aromatic heterocycles. The summed E-state index contributed by atoms with van der Waals surface area (Å²) in [5, 5.41) is 2.70.